The third-order valence-electron chi connectivity index (χ3n) is 5.99. The first-order valence-electron chi connectivity index (χ1n) is 11.1. The number of aromatic nitrogens is 3. The van der Waals surface area contributed by atoms with Gasteiger partial charge in [-0.3, -0.25) is 4.79 Å². The molecule has 4 rings (SSSR count). The lowest BCUT2D eigenvalue weighted by molar-refractivity contribution is 0.0590. The van der Waals surface area contributed by atoms with Crippen molar-refractivity contribution in [3.05, 3.63) is 53.2 Å². The molecule has 2 aromatic heterocycles. The first-order valence-corrected chi connectivity index (χ1v) is 11.1. The molecule has 0 unspecified atom stereocenters. The average molecular weight is 484 g/mol. The number of hydrogen-bond donors (Lipinski definition) is 1. The van der Waals surface area contributed by atoms with Crippen LogP contribution < -0.4 is 10.1 Å². The highest BCUT2D eigenvalue weighted by molar-refractivity contribution is 6.00. The number of esters is 1. The van der Waals surface area contributed by atoms with Gasteiger partial charge in [-0.1, -0.05) is 11.2 Å². The number of anilines is 1. The van der Waals surface area contributed by atoms with Gasteiger partial charge in [0.2, 0.25) is 0 Å². The first-order chi connectivity index (χ1) is 16.8. The summed E-state index contributed by atoms with van der Waals surface area (Å²) in [6.07, 6.45) is 2.88. The van der Waals surface area contributed by atoms with Crippen molar-refractivity contribution in [1.29, 1.82) is 0 Å². The zero-order valence-corrected chi connectivity index (χ0v) is 19.9. The number of rotatable bonds is 6. The van der Waals surface area contributed by atoms with Gasteiger partial charge in [0.05, 0.1) is 25.3 Å². The van der Waals surface area contributed by atoms with Crippen LogP contribution in [0, 0.1) is 12.7 Å². The van der Waals surface area contributed by atoms with Gasteiger partial charge in [0.15, 0.2) is 5.82 Å². The molecule has 35 heavy (non-hydrogen) atoms. The minimum atomic E-state index is -0.673. The van der Waals surface area contributed by atoms with Gasteiger partial charge in [0.25, 0.3) is 11.8 Å². The number of aryl methyl sites for hydroxylation is 1. The Morgan fingerprint density at radius 2 is 2.00 bits per heavy atom. The molecule has 3 heterocycles. The van der Waals surface area contributed by atoms with Crippen LogP contribution in [0.15, 0.2) is 35.0 Å². The molecule has 1 aromatic carbocycles. The van der Waals surface area contributed by atoms with Crippen molar-refractivity contribution in [2.75, 3.05) is 26.1 Å². The van der Waals surface area contributed by atoms with Crippen molar-refractivity contribution < 1.29 is 28.0 Å². The summed E-state index contributed by atoms with van der Waals surface area (Å²) in [6, 6.07) is 5.47. The topological polar surface area (TPSA) is 120 Å². The lowest BCUT2D eigenvalue weighted by Crippen LogP contribution is -2.50. The molecular formula is C24H26FN5O5. The van der Waals surface area contributed by atoms with Gasteiger partial charge in [-0.05, 0) is 44.9 Å². The van der Waals surface area contributed by atoms with Crippen molar-refractivity contribution in [1.82, 2.24) is 20.0 Å². The fraction of sp³-hybridized carbons (Fsp3) is 0.375. The van der Waals surface area contributed by atoms with Crippen LogP contribution in [0.4, 0.5) is 10.2 Å². The lowest BCUT2D eigenvalue weighted by Gasteiger charge is -2.39. The Labute approximate surface area is 201 Å². The van der Waals surface area contributed by atoms with Gasteiger partial charge in [0.1, 0.15) is 22.9 Å². The molecule has 1 aliphatic heterocycles. The summed E-state index contributed by atoms with van der Waals surface area (Å²) in [5.74, 6) is -0.694. The smallest absolute Gasteiger partial charge is 0.345 e. The highest BCUT2D eigenvalue weighted by Crippen LogP contribution is 2.31. The van der Waals surface area contributed by atoms with Crippen molar-refractivity contribution in [2.45, 2.75) is 38.8 Å². The van der Waals surface area contributed by atoms with Crippen LogP contribution in [0.1, 0.15) is 46.3 Å². The summed E-state index contributed by atoms with van der Waals surface area (Å²) >= 11 is 0. The van der Waals surface area contributed by atoms with E-state index in [-0.39, 0.29) is 47.0 Å². The van der Waals surface area contributed by atoms with E-state index in [2.05, 4.69) is 20.4 Å². The fourth-order valence-electron chi connectivity index (χ4n) is 4.19. The molecule has 184 valence electrons. The van der Waals surface area contributed by atoms with Crippen LogP contribution in [-0.4, -0.2) is 64.7 Å². The van der Waals surface area contributed by atoms with Crippen LogP contribution >= 0.6 is 0 Å². The number of hydrogen-bond acceptors (Lipinski definition) is 9. The van der Waals surface area contributed by atoms with E-state index in [1.807, 2.05) is 6.92 Å². The number of ether oxygens (including phenoxy) is 2. The Morgan fingerprint density at radius 1 is 1.20 bits per heavy atom. The molecule has 0 bridgehead atoms. The van der Waals surface area contributed by atoms with Gasteiger partial charge in [-0.15, -0.1) is 0 Å². The van der Waals surface area contributed by atoms with Crippen molar-refractivity contribution in [3.63, 3.8) is 0 Å². The molecule has 0 saturated carbocycles. The number of likely N-dealkylation sites (tertiary alicyclic amines) is 1. The van der Waals surface area contributed by atoms with Crippen molar-refractivity contribution >= 4 is 17.7 Å². The number of methoxy groups -OCH3 is 2. The highest BCUT2D eigenvalue weighted by Gasteiger charge is 2.34. The third kappa shape index (κ3) is 4.79. The number of carbonyl (C=O) groups is 2. The number of nitrogens with one attached hydrogen (secondary N) is 1. The molecule has 1 aliphatic rings. The molecule has 2 atom stereocenters. The second-order valence-electron chi connectivity index (χ2n) is 8.26. The number of carbonyl (C=O) groups excluding carboxylic acids is 2. The normalized spacial score (nSPS) is 17.7. The molecule has 1 saturated heterocycles. The van der Waals surface area contributed by atoms with Gasteiger partial charge < -0.3 is 24.2 Å². The molecule has 1 amide bonds. The summed E-state index contributed by atoms with van der Waals surface area (Å²) in [6.45, 7) is 3.82. The molecule has 1 fully saturated rings. The van der Waals surface area contributed by atoms with E-state index in [1.165, 1.54) is 32.5 Å². The molecule has 3 aromatic rings. The quantitative estimate of drug-likeness (QED) is 0.526. The standard InChI is InChI=1S/C24H26FN5O5/c1-13-8-9-15(28-21-20(24(32)34-4)18(33-3)10-11-26-21)12-30(13)23(31)19-16(6-5-7-17(19)25)22-27-14(2)29-35-22/h5-7,10-11,13,15H,8-9,12H2,1-4H3,(H,26,28)/t13-,15-/m1/s1. The first kappa shape index (κ1) is 24.1. The van der Waals surface area contributed by atoms with E-state index in [1.54, 1.807) is 24.0 Å². The monoisotopic (exact) mass is 483 g/mol. The Morgan fingerprint density at radius 3 is 2.69 bits per heavy atom. The predicted molar refractivity (Wildman–Crippen MR) is 124 cm³/mol. The van der Waals surface area contributed by atoms with Crippen LogP contribution in [0.5, 0.6) is 5.75 Å². The number of halogens is 1. The Kier molecular flexibility index (Phi) is 6.94. The summed E-state index contributed by atoms with van der Waals surface area (Å²) in [5, 5.41) is 6.99. The van der Waals surface area contributed by atoms with Crippen molar-refractivity contribution in [2.24, 2.45) is 0 Å². The number of nitrogens with zero attached hydrogens (tertiary/aromatic N) is 4. The van der Waals surface area contributed by atoms with E-state index < -0.39 is 17.7 Å². The van der Waals surface area contributed by atoms with E-state index in [4.69, 9.17) is 14.0 Å². The van der Waals surface area contributed by atoms with Crippen LogP contribution in [0.2, 0.25) is 0 Å². The maximum atomic E-state index is 15.0. The Balaban J connectivity index is 1.62. The van der Waals surface area contributed by atoms with Gasteiger partial charge in [-0.2, -0.15) is 4.98 Å². The average Bonchev–Trinajstić information content (AvgIpc) is 3.30. The Hall–Kier alpha value is -4.02. The minimum absolute atomic E-state index is 0.0768. The predicted octanol–water partition coefficient (Wildman–Crippen LogP) is 3.48. The zero-order valence-electron chi connectivity index (χ0n) is 19.9. The SMILES string of the molecule is COC(=O)c1c(OC)ccnc1N[C@@H]1CC[C@@H](C)N(C(=O)c2c(F)cccc2-c2nc(C)no2)C1. The molecule has 0 spiro atoms. The number of piperidine rings is 1. The van der Waals surface area contributed by atoms with Crippen LogP contribution in [-0.2, 0) is 4.74 Å². The zero-order chi connectivity index (χ0) is 25.1. The maximum Gasteiger partial charge on any atom is 0.345 e. The maximum absolute atomic E-state index is 15.0. The third-order valence-corrected chi connectivity index (χ3v) is 5.99. The molecule has 1 N–H and O–H groups in total. The van der Waals surface area contributed by atoms with Crippen LogP contribution in [0.25, 0.3) is 11.5 Å². The second-order valence-corrected chi connectivity index (χ2v) is 8.26. The van der Waals surface area contributed by atoms with Gasteiger partial charge in [-0.25, -0.2) is 14.2 Å². The number of amides is 1. The van der Waals surface area contributed by atoms with Crippen molar-refractivity contribution in [3.8, 4) is 17.2 Å². The number of benzene rings is 1. The lowest BCUT2D eigenvalue weighted by atomic mass is 9.96. The molecule has 0 aliphatic carbocycles. The Bertz CT molecular complexity index is 1250. The molecule has 0 radical (unpaired) electrons. The number of pyridine rings is 1. The summed E-state index contributed by atoms with van der Waals surface area (Å²) < 4.78 is 30.3. The van der Waals surface area contributed by atoms with Gasteiger partial charge in [0, 0.05) is 24.8 Å². The highest BCUT2D eigenvalue weighted by atomic mass is 19.1. The van der Waals surface area contributed by atoms with E-state index in [0.29, 0.717) is 24.4 Å². The van der Waals surface area contributed by atoms with E-state index in [9.17, 15) is 14.0 Å². The largest absolute Gasteiger partial charge is 0.496 e. The fourth-order valence-corrected chi connectivity index (χ4v) is 4.19. The molecule has 11 heteroatoms. The minimum Gasteiger partial charge on any atom is -0.496 e. The summed E-state index contributed by atoms with van der Waals surface area (Å²) in [7, 11) is 2.73. The summed E-state index contributed by atoms with van der Waals surface area (Å²) in [4.78, 5) is 36.0. The second kappa shape index (κ2) is 10.1. The molecular weight excluding hydrogens is 457 g/mol. The molecule has 10 nitrogen and oxygen atoms in total. The summed E-state index contributed by atoms with van der Waals surface area (Å²) in [5.41, 5.74) is 0.274. The van der Waals surface area contributed by atoms with E-state index >= 15 is 0 Å². The van der Waals surface area contributed by atoms with Crippen LogP contribution in [0.3, 0.4) is 0 Å². The van der Waals surface area contributed by atoms with Gasteiger partial charge >= 0.3 is 5.97 Å². The van der Waals surface area contributed by atoms with E-state index in [0.717, 1.165) is 0 Å².